The van der Waals surface area contributed by atoms with E-state index in [1.807, 2.05) is 31.2 Å². The van der Waals surface area contributed by atoms with E-state index in [9.17, 15) is 0 Å². The van der Waals surface area contributed by atoms with E-state index >= 15 is 0 Å². The van der Waals surface area contributed by atoms with Crippen LogP contribution in [-0.4, -0.2) is 4.98 Å². The highest BCUT2D eigenvalue weighted by molar-refractivity contribution is 7.99. The fourth-order valence-corrected chi connectivity index (χ4v) is 3.00. The summed E-state index contributed by atoms with van der Waals surface area (Å²) in [6.07, 6.45) is 0. The number of benzene rings is 2. The van der Waals surface area contributed by atoms with Gasteiger partial charge in [-0.3, -0.25) is 0 Å². The largest absolute Gasteiger partial charge is 0.245 e. The zero-order valence-corrected chi connectivity index (χ0v) is 11.8. The topological polar surface area (TPSA) is 36.7 Å². The molecule has 96 valence electrons. The number of pyridine rings is 1. The monoisotopic (exact) mass is 276 g/mol. The summed E-state index contributed by atoms with van der Waals surface area (Å²) in [6.45, 7) is 1.94. The van der Waals surface area contributed by atoms with Crippen molar-refractivity contribution in [2.45, 2.75) is 16.8 Å². The maximum atomic E-state index is 9.16. The highest BCUT2D eigenvalue weighted by Crippen LogP contribution is 2.31. The normalized spacial score (nSPS) is 10.4. The van der Waals surface area contributed by atoms with Crippen molar-refractivity contribution >= 4 is 22.5 Å². The van der Waals surface area contributed by atoms with Crippen LogP contribution in [0.1, 0.15) is 11.3 Å². The molecule has 2 nitrogen and oxygen atoms in total. The summed E-state index contributed by atoms with van der Waals surface area (Å²) in [7, 11) is 0. The Bertz CT molecular complexity index is 819. The summed E-state index contributed by atoms with van der Waals surface area (Å²) >= 11 is 1.53. The Labute approximate surface area is 122 Å². The molecule has 0 saturated carbocycles. The Morgan fingerprint density at radius 1 is 1.00 bits per heavy atom. The molecule has 3 rings (SSSR count). The van der Waals surface area contributed by atoms with Gasteiger partial charge in [-0.2, -0.15) is 5.26 Å². The summed E-state index contributed by atoms with van der Waals surface area (Å²) in [5.74, 6) is 0. The first-order valence-electron chi connectivity index (χ1n) is 6.31. The van der Waals surface area contributed by atoms with Crippen molar-refractivity contribution < 1.29 is 0 Å². The summed E-state index contributed by atoms with van der Waals surface area (Å²) in [5.41, 5.74) is 1.54. The Morgan fingerprint density at radius 3 is 2.60 bits per heavy atom. The average molecular weight is 276 g/mol. The molecule has 0 unspecified atom stereocenters. The molecule has 1 heterocycles. The summed E-state index contributed by atoms with van der Waals surface area (Å²) in [5, 5.41) is 12.3. The van der Waals surface area contributed by atoms with Crippen LogP contribution >= 0.6 is 11.8 Å². The molecule has 2 aromatic carbocycles. The highest BCUT2D eigenvalue weighted by Gasteiger charge is 2.07. The SMILES string of the molecule is Cc1ccc(C#N)c(Sc2ccc3ccccc3c2)n1. The van der Waals surface area contributed by atoms with Crippen LogP contribution in [0.5, 0.6) is 0 Å². The molecule has 0 bridgehead atoms. The van der Waals surface area contributed by atoms with E-state index in [1.54, 1.807) is 0 Å². The molecule has 20 heavy (non-hydrogen) atoms. The van der Waals surface area contributed by atoms with Gasteiger partial charge in [0.05, 0.1) is 5.56 Å². The lowest BCUT2D eigenvalue weighted by Gasteiger charge is -2.05. The van der Waals surface area contributed by atoms with E-state index < -0.39 is 0 Å². The van der Waals surface area contributed by atoms with Crippen molar-refractivity contribution in [3.8, 4) is 6.07 Å². The molecule has 0 aliphatic rings. The fourth-order valence-electron chi connectivity index (χ4n) is 2.04. The van der Waals surface area contributed by atoms with Gasteiger partial charge in [0, 0.05) is 10.6 Å². The van der Waals surface area contributed by atoms with E-state index in [2.05, 4.69) is 41.4 Å². The predicted octanol–water partition coefficient (Wildman–Crippen LogP) is 4.57. The quantitative estimate of drug-likeness (QED) is 0.688. The molecular formula is C17H12N2S. The van der Waals surface area contributed by atoms with Gasteiger partial charge < -0.3 is 0 Å². The van der Waals surface area contributed by atoms with Crippen molar-refractivity contribution in [1.29, 1.82) is 5.26 Å². The zero-order valence-electron chi connectivity index (χ0n) is 11.0. The van der Waals surface area contributed by atoms with Gasteiger partial charge in [-0.15, -0.1) is 0 Å². The van der Waals surface area contributed by atoms with Gasteiger partial charge in [0.1, 0.15) is 11.1 Å². The average Bonchev–Trinajstić information content (AvgIpc) is 2.47. The maximum absolute atomic E-state index is 9.16. The minimum Gasteiger partial charge on any atom is -0.245 e. The van der Waals surface area contributed by atoms with Gasteiger partial charge in [-0.25, -0.2) is 4.98 Å². The Balaban J connectivity index is 2.01. The molecular weight excluding hydrogens is 264 g/mol. The summed E-state index contributed by atoms with van der Waals surface area (Å²) < 4.78 is 0. The molecule has 0 amide bonds. The number of hydrogen-bond acceptors (Lipinski definition) is 3. The molecule has 0 N–H and O–H groups in total. The molecule has 1 aromatic heterocycles. The molecule has 0 fully saturated rings. The van der Waals surface area contributed by atoms with Crippen LogP contribution in [0.15, 0.2) is 64.5 Å². The van der Waals surface area contributed by atoms with Crippen molar-refractivity contribution in [3.63, 3.8) is 0 Å². The van der Waals surface area contributed by atoms with E-state index in [0.717, 1.165) is 15.6 Å². The first-order chi connectivity index (χ1) is 9.76. The van der Waals surface area contributed by atoms with Gasteiger partial charge in [0.2, 0.25) is 0 Å². The van der Waals surface area contributed by atoms with Crippen LogP contribution in [0, 0.1) is 18.3 Å². The van der Waals surface area contributed by atoms with Gasteiger partial charge >= 0.3 is 0 Å². The Kier molecular flexibility index (Phi) is 3.41. The van der Waals surface area contributed by atoms with Crippen molar-refractivity contribution in [2.24, 2.45) is 0 Å². The first-order valence-corrected chi connectivity index (χ1v) is 7.12. The van der Waals surface area contributed by atoms with Gasteiger partial charge in [-0.1, -0.05) is 42.1 Å². The first kappa shape index (κ1) is 12.7. The minimum absolute atomic E-state index is 0.619. The van der Waals surface area contributed by atoms with E-state index in [0.29, 0.717) is 5.56 Å². The standard InChI is InChI=1S/C17H12N2S/c1-12-6-7-15(11-18)17(19-12)20-16-9-8-13-4-2-3-5-14(13)10-16/h2-10H,1H3. The smallest absolute Gasteiger partial charge is 0.119 e. The van der Waals surface area contributed by atoms with Gasteiger partial charge in [0.15, 0.2) is 0 Å². The second kappa shape index (κ2) is 5.36. The lowest BCUT2D eigenvalue weighted by molar-refractivity contribution is 1.05. The fraction of sp³-hybridized carbons (Fsp3) is 0.0588. The van der Waals surface area contributed by atoms with Crippen molar-refractivity contribution in [1.82, 2.24) is 4.98 Å². The summed E-state index contributed by atoms with van der Waals surface area (Å²) in [4.78, 5) is 5.56. The van der Waals surface area contributed by atoms with E-state index in [4.69, 9.17) is 5.26 Å². The highest BCUT2D eigenvalue weighted by atomic mass is 32.2. The number of aromatic nitrogens is 1. The lowest BCUT2D eigenvalue weighted by Crippen LogP contribution is -1.89. The second-order valence-corrected chi connectivity index (χ2v) is 5.59. The third-order valence-electron chi connectivity index (χ3n) is 3.06. The third-order valence-corrected chi connectivity index (χ3v) is 4.05. The van der Waals surface area contributed by atoms with Crippen LogP contribution in [0.2, 0.25) is 0 Å². The number of hydrogen-bond donors (Lipinski definition) is 0. The molecule has 0 aliphatic carbocycles. The van der Waals surface area contributed by atoms with E-state index in [-0.39, 0.29) is 0 Å². The van der Waals surface area contributed by atoms with Crippen molar-refractivity contribution in [2.75, 3.05) is 0 Å². The van der Waals surface area contributed by atoms with Crippen molar-refractivity contribution in [3.05, 3.63) is 65.9 Å². The molecule has 0 aliphatic heterocycles. The van der Waals surface area contributed by atoms with Crippen LogP contribution in [0.4, 0.5) is 0 Å². The molecule has 0 atom stereocenters. The number of nitrogens with zero attached hydrogens (tertiary/aromatic N) is 2. The number of fused-ring (bicyclic) bond motifs is 1. The molecule has 3 aromatic rings. The Morgan fingerprint density at radius 2 is 1.80 bits per heavy atom. The number of rotatable bonds is 2. The second-order valence-electron chi connectivity index (χ2n) is 4.53. The maximum Gasteiger partial charge on any atom is 0.119 e. The van der Waals surface area contributed by atoms with Crippen LogP contribution in [0.3, 0.4) is 0 Å². The third kappa shape index (κ3) is 2.52. The van der Waals surface area contributed by atoms with Crippen LogP contribution in [0.25, 0.3) is 10.8 Å². The number of aryl methyl sites for hydroxylation is 1. The van der Waals surface area contributed by atoms with E-state index in [1.165, 1.54) is 22.5 Å². The lowest BCUT2D eigenvalue weighted by atomic mass is 10.1. The molecule has 0 saturated heterocycles. The van der Waals surface area contributed by atoms with Gasteiger partial charge in [0.25, 0.3) is 0 Å². The molecule has 0 spiro atoms. The zero-order chi connectivity index (χ0) is 13.9. The van der Waals surface area contributed by atoms with Gasteiger partial charge in [-0.05, 0) is 42.0 Å². The van der Waals surface area contributed by atoms with Crippen LogP contribution < -0.4 is 0 Å². The minimum atomic E-state index is 0.619. The molecule has 0 radical (unpaired) electrons. The summed E-state index contributed by atoms with van der Waals surface area (Å²) in [6, 6.07) is 20.4. The molecule has 3 heteroatoms. The Hall–Kier alpha value is -2.31. The predicted molar refractivity (Wildman–Crippen MR) is 81.8 cm³/mol. The van der Waals surface area contributed by atoms with Crippen LogP contribution in [-0.2, 0) is 0 Å². The number of nitriles is 1.